The van der Waals surface area contributed by atoms with Crippen LogP contribution in [0.25, 0.3) is 0 Å². The van der Waals surface area contributed by atoms with Gasteiger partial charge in [0.05, 0.1) is 6.61 Å². The molecule has 0 spiro atoms. The quantitative estimate of drug-likeness (QED) is 0.736. The highest BCUT2D eigenvalue weighted by Gasteiger charge is 2.35. The molecule has 2 nitrogen and oxygen atoms in total. The maximum Gasteiger partial charge on any atom is 0.129 e. The SMILES string of the molecule is CC1(OCc2ccccc2)CCCCN1CCc1ccc(F)cc1F. The second-order valence-corrected chi connectivity index (χ2v) is 6.88. The van der Waals surface area contributed by atoms with Gasteiger partial charge in [0, 0.05) is 19.2 Å². The van der Waals surface area contributed by atoms with Crippen LogP contribution in [0.15, 0.2) is 48.5 Å². The van der Waals surface area contributed by atoms with Crippen LogP contribution in [0.3, 0.4) is 0 Å². The minimum Gasteiger partial charge on any atom is -0.356 e. The molecule has 0 radical (unpaired) electrons. The van der Waals surface area contributed by atoms with E-state index in [0.717, 1.165) is 37.4 Å². The van der Waals surface area contributed by atoms with Crippen molar-refractivity contribution in [1.82, 2.24) is 4.90 Å². The number of piperidine rings is 1. The number of nitrogens with zero attached hydrogens (tertiary/aromatic N) is 1. The molecule has 1 unspecified atom stereocenters. The fourth-order valence-corrected chi connectivity index (χ4v) is 3.45. The second kappa shape index (κ2) is 8.07. The zero-order valence-corrected chi connectivity index (χ0v) is 14.7. The van der Waals surface area contributed by atoms with Crippen LogP contribution in [-0.2, 0) is 17.8 Å². The van der Waals surface area contributed by atoms with E-state index >= 15 is 0 Å². The summed E-state index contributed by atoms with van der Waals surface area (Å²) in [7, 11) is 0. The van der Waals surface area contributed by atoms with E-state index in [-0.39, 0.29) is 5.72 Å². The molecule has 4 heteroatoms. The molecule has 0 amide bonds. The number of likely N-dealkylation sites (tertiary alicyclic amines) is 1. The Balaban J connectivity index is 1.63. The van der Waals surface area contributed by atoms with E-state index in [0.29, 0.717) is 25.1 Å². The van der Waals surface area contributed by atoms with Gasteiger partial charge in [-0.15, -0.1) is 0 Å². The van der Waals surface area contributed by atoms with Gasteiger partial charge in [0.2, 0.25) is 0 Å². The van der Waals surface area contributed by atoms with Crippen molar-refractivity contribution in [2.24, 2.45) is 0 Å². The lowest BCUT2D eigenvalue weighted by Gasteiger charge is -2.44. The molecule has 134 valence electrons. The predicted molar refractivity (Wildman–Crippen MR) is 95.1 cm³/mol. The number of hydrogen-bond acceptors (Lipinski definition) is 2. The lowest BCUT2D eigenvalue weighted by Crippen LogP contribution is -2.52. The summed E-state index contributed by atoms with van der Waals surface area (Å²) in [5, 5.41) is 0. The Hall–Kier alpha value is -1.78. The molecule has 0 bridgehead atoms. The summed E-state index contributed by atoms with van der Waals surface area (Å²) in [5.41, 5.74) is 1.36. The molecule has 1 fully saturated rings. The molecule has 1 atom stereocenters. The van der Waals surface area contributed by atoms with Gasteiger partial charge in [-0.25, -0.2) is 8.78 Å². The normalized spacial score (nSPS) is 21.4. The highest BCUT2D eigenvalue weighted by Crippen LogP contribution is 2.30. The van der Waals surface area contributed by atoms with Crippen molar-refractivity contribution in [2.45, 2.75) is 44.9 Å². The van der Waals surface area contributed by atoms with Crippen molar-refractivity contribution in [3.63, 3.8) is 0 Å². The van der Waals surface area contributed by atoms with Crippen molar-refractivity contribution < 1.29 is 13.5 Å². The molecular weight excluding hydrogens is 320 g/mol. The first-order valence-electron chi connectivity index (χ1n) is 8.94. The number of hydrogen-bond donors (Lipinski definition) is 0. The minimum atomic E-state index is -0.532. The number of rotatable bonds is 6. The van der Waals surface area contributed by atoms with Gasteiger partial charge in [0.25, 0.3) is 0 Å². The Bertz CT molecular complexity index is 692. The highest BCUT2D eigenvalue weighted by molar-refractivity contribution is 5.19. The van der Waals surface area contributed by atoms with Gasteiger partial charge in [0.15, 0.2) is 0 Å². The van der Waals surface area contributed by atoms with E-state index < -0.39 is 11.6 Å². The first kappa shape index (κ1) is 18.0. The molecule has 0 aliphatic carbocycles. The van der Waals surface area contributed by atoms with Crippen LogP contribution in [0.5, 0.6) is 0 Å². The molecule has 3 rings (SSSR count). The van der Waals surface area contributed by atoms with Gasteiger partial charge in [-0.2, -0.15) is 0 Å². The molecule has 25 heavy (non-hydrogen) atoms. The molecule has 2 aromatic rings. The maximum atomic E-state index is 13.9. The van der Waals surface area contributed by atoms with Crippen LogP contribution < -0.4 is 0 Å². The van der Waals surface area contributed by atoms with Gasteiger partial charge in [-0.1, -0.05) is 36.4 Å². The van der Waals surface area contributed by atoms with Gasteiger partial charge in [0.1, 0.15) is 17.4 Å². The molecule has 0 aromatic heterocycles. The average Bonchev–Trinajstić information content (AvgIpc) is 2.62. The average molecular weight is 345 g/mol. The molecule has 0 N–H and O–H groups in total. The number of ether oxygens (including phenoxy) is 1. The summed E-state index contributed by atoms with van der Waals surface area (Å²) in [4.78, 5) is 2.29. The van der Waals surface area contributed by atoms with Gasteiger partial charge in [-0.3, -0.25) is 4.90 Å². The maximum absolute atomic E-state index is 13.9. The summed E-state index contributed by atoms with van der Waals surface area (Å²) in [5.74, 6) is -1.00. The number of halogens is 2. The topological polar surface area (TPSA) is 12.5 Å². The Morgan fingerprint density at radius 3 is 2.64 bits per heavy atom. The summed E-state index contributed by atoms with van der Waals surface area (Å²) in [6.45, 7) is 4.33. The molecule has 1 heterocycles. The van der Waals surface area contributed by atoms with E-state index in [2.05, 4.69) is 24.0 Å². The third-order valence-corrected chi connectivity index (χ3v) is 5.05. The van der Waals surface area contributed by atoms with Crippen LogP contribution in [-0.4, -0.2) is 23.7 Å². The highest BCUT2D eigenvalue weighted by atomic mass is 19.1. The van der Waals surface area contributed by atoms with Gasteiger partial charge >= 0.3 is 0 Å². The molecule has 1 aliphatic rings. The standard InChI is InChI=1S/C21H25F2NO/c1-21(25-16-17-7-3-2-4-8-17)12-5-6-13-24(21)14-11-18-9-10-19(22)15-20(18)23/h2-4,7-10,15H,5-6,11-14,16H2,1H3. The Morgan fingerprint density at radius 2 is 1.88 bits per heavy atom. The third kappa shape index (κ3) is 4.65. The van der Waals surface area contributed by atoms with E-state index in [1.165, 1.54) is 12.1 Å². The van der Waals surface area contributed by atoms with E-state index in [1.54, 1.807) is 0 Å². The lowest BCUT2D eigenvalue weighted by atomic mass is 9.98. The smallest absolute Gasteiger partial charge is 0.129 e. The zero-order valence-electron chi connectivity index (χ0n) is 14.7. The first-order chi connectivity index (χ1) is 12.1. The molecular formula is C21H25F2NO. The molecule has 2 aromatic carbocycles. The minimum absolute atomic E-state index is 0.343. The van der Waals surface area contributed by atoms with Crippen molar-refractivity contribution in [2.75, 3.05) is 13.1 Å². The molecule has 1 saturated heterocycles. The van der Waals surface area contributed by atoms with Crippen molar-refractivity contribution in [3.05, 3.63) is 71.3 Å². The largest absolute Gasteiger partial charge is 0.356 e. The van der Waals surface area contributed by atoms with Crippen molar-refractivity contribution in [3.8, 4) is 0 Å². The fourth-order valence-electron chi connectivity index (χ4n) is 3.45. The fraction of sp³-hybridized carbons (Fsp3) is 0.429. The monoisotopic (exact) mass is 345 g/mol. The first-order valence-corrected chi connectivity index (χ1v) is 8.94. The summed E-state index contributed by atoms with van der Waals surface area (Å²) in [6, 6.07) is 13.9. The predicted octanol–water partition coefficient (Wildman–Crippen LogP) is 4.93. The van der Waals surface area contributed by atoms with Gasteiger partial charge in [-0.05, 0) is 49.8 Å². The zero-order chi connectivity index (χ0) is 17.7. The van der Waals surface area contributed by atoms with Crippen LogP contribution in [0.1, 0.15) is 37.3 Å². The van der Waals surface area contributed by atoms with E-state index in [1.807, 2.05) is 18.2 Å². The Morgan fingerprint density at radius 1 is 1.08 bits per heavy atom. The molecule has 1 aliphatic heterocycles. The Labute approximate surface area is 148 Å². The number of benzene rings is 2. The Kier molecular flexibility index (Phi) is 5.82. The van der Waals surface area contributed by atoms with Crippen LogP contribution in [0, 0.1) is 11.6 Å². The molecule has 0 saturated carbocycles. The van der Waals surface area contributed by atoms with Crippen molar-refractivity contribution in [1.29, 1.82) is 0 Å². The van der Waals surface area contributed by atoms with Crippen LogP contribution in [0.4, 0.5) is 8.78 Å². The lowest BCUT2D eigenvalue weighted by molar-refractivity contribution is -0.170. The van der Waals surface area contributed by atoms with Crippen LogP contribution in [0.2, 0.25) is 0 Å². The third-order valence-electron chi connectivity index (χ3n) is 5.05. The summed E-state index contributed by atoms with van der Waals surface area (Å²) in [6.07, 6.45) is 3.77. The summed E-state index contributed by atoms with van der Waals surface area (Å²) < 4.78 is 33.2. The van der Waals surface area contributed by atoms with Crippen LogP contribution >= 0.6 is 0 Å². The van der Waals surface area contributed by atoms with E-state index in [9.17, 15) is 8.78 Å². The second-order valence-electron chi connectivity index (χ2n) is 6.88. The van der Waals surface area contributed by atoms with Gasteiger partial charge < -0.3 is 4.74 Å². The van der Waals surface area contributed by atoms with E-state index in [4.69, 9.17) is 4.74 Å². The van der Waals surface area contributed by atoms with Crippen molar-refractivity contribution >= 4 is 0 Å². The summed E-state index contributed by atoms with van der Waals surface area (Å²) >= 11 is 0.